The fraction of sp³-hybridized carbons (Fsp3) is 0.789. The zero-order chi connectivity index (χ0) is 20.2. The van der Waals surface area contributed by atoms with Crippen LogP contribution < -0.4 is 5.32 Å². The van der Waals surface area contributed by atoms with Crippen molar-refractivity contribution in [3.05, 3.63) is 0 Å². The van der Waals surface area contributed by atoms with Crippen molar-refractivity contribution in [2.75, 3.05) is 32.8 Å². The van der Waals surface area contributed by atoms with Gasteiger partial charge in [-0.25, -0.2) is 0 Å². The molecular formula is C19H31N3O5. The molecule has 0 aromatic rings. The van der Waals surface area contributed by atoms with Crippen molar-refractivity contribution in [3.8, 4) is 0 Å². The first kappa shape index (κ1) is 21.2. The number of piperidine rings is 1. The molecule has 0 radical (unpaired) electrons. The van der Waals surface area contributed by atoms with Crippen molar-refractivity contribution < 1.29 is 23.9 Å². The summed E-state index contributed by atoms with van der Waals surface area (Å²) in [6, 6.07) is 0. The number of carbonyl (C=O) groups excluding carboxylic acids is 4. The zero-order valence-electron chi connectivity index (χ0n) is 16.7. The minimum atomic E-state index is -0.451. The molecule has 1 unspecified atom stereocenters. The smallest absolute Gasteiger partial charge is 0.325 e. The van der Waals surface area contributed by atoms with E-state index in [0.717, 1.165) is 0 Å². The summed E-state index contributed by atoms with van der Waals surface area (Å²) in [5.74, 6) is -1.11. The molecule has 152 valence electrons. The summed E-state index contributed by atoms with van der Waals surface area (Å²) in [7, 11) is 0. The first-order chi connectivity index (χ1) is 12.6. The Hall–Kier alpha value is -2.12. The summed E-state index contributed by atoms with van der Waals surface area (Å²) in [5.41, 5.74) is -0.282. The predicted molar refractivity (Wildman–Crippen MR) is 98.5 cm³/mol. The van der Waals surface area contributed by atoms with Crippen molar-refractivity contribution in [2.45, 2.75) is 52.5 Å². The van der Waals surface area contributed by atoms with Gasteiger partial charge in [0.05, 0.1) is 12.5 Å². The normalized spacial score (nSPS) is 21.3. The maximum Gasteiger partial charge on any atom is 0.325 e. The third kappa shape index (κ3) is 5.43. The fourth-order valence-corrected chi connectivity index (χ4v) is 3.66. The second kappa shape index (κ2) is 8.71. The van der Waals surface area contributed by atoms with Gasteiger partial charge in [-0.15, -0.1) is 0 Å². The lowest BCUT2D eigenvalue weighted by Crippen LogP contribution is -2.47. The van der Waals surface area contributed by atoms with Crippen molar-refractivity contribution >= 4 is 23.7 Å². The van der Waals surface area contributed by atoms with E-state index < -0.39 is 5.97 Å². The molecule has 2 fully saturated rings. The Morgan fingerprint density at radius 3 is 2.30 bits per heavy atom. The summed E-state index contributed by atoms with van der Waals surface area (Å²) in [6.07, 6.45) is 1.38. The van der Waals surface area contributed by atoms with E-state index in [0.29, 0.717) is 32.5 Å². The van der Waals surface area contributed by atoms with E-state index in [1.54, 1.807) is 16.7 Å². The summed E-state index contributed by atoms with van der Waals surface area (Å²) < 4.78 is 4.79. The van der Waals surface area contributed by atoms with Gasteiger partial charge >= 0.3 is 5.97 Å². The van der Waals surface area contributed by atoms with E-state index in [2.05, 4.69) is 5.32 Å². The molecule has 0 saturated carbocycles. The number of carbonyl (C=O) groups is 4. The second-order valence-electron chi connectivity index (χ2n) is 8.20. The standard InChI is InChI=1S/C19H31N3O5/c1-5-27-16(24)11-20-17(25)13-6-8-21(9-7-13)18(26)14-10-15(23)22(12-14)19(2,3)4/h13-14H,5-12H2,1-4H3,(H,20,25). The molecule has 8 heteroatoms. The van der Waals surface area contributed by atoms with E-state index in [9.17, 15) is 19.2 Å². The van der Waals surface area contributed by atoms with Crippen molar-refractivity contribution in [3.63, 3.8) is 0 Å². The Kier molecular flexibility index (Phi) is 6.84. The number of nitrogens with zero attached hydrogens (tertiary/aromatic N) is 2. The van der Waals surface area contributed by atoms with Crippen LogP contribution in [0.1, 0.15) is 47.0 Å². The Bertz CT molecular complexity index is 591. The number of hydrogen-bond donors (Lipinski definition) is 1. The minimum absolute atomic E-state index is 0.000446. The lowest BCUT2D eigenvalue weighted by Gasteiger charge is -2.34. The summed E-state index contributed by atoms with van der Waals surface area (Å²) in [5, 5.41) is 2.60. The molecule has 2 aliphatic heterocycles. The summed E-state index contributed by atoms with van der Waals surface area (Å²) in [6.45, 7) is 9.23. The Morgan fingerprint density at radius 2 is 1.78 bits per heavy atom. The SMILES string of the molecule is CCOC(=O)CNC(=O)C1CCN(C(=O)C2CC(=O)N(C(C)(C)C)C2)CC1. The van der Waals surface area contributed by atoms with Gasteiger partial charge in [-0.05, 0) is 40.5 Å². The van der Waals surface area contributed by atoms with E-state index >= 15 is 0 Å². The quantitative estimate of drug-likeness (QED) is 0.702. The fourth-order valence-electron chi connectivity index (χ4n) is 3.66. The molecule has 2 aliphatic rings. The topological polar surface area (TPSA) is 96.0 Å². The Balaban J connectivity index is 1.80. The van der Waals surface area contributed by atoms with Crippen molar-refractivity contribution in [1.82, 2.24) is 15.1 Å². The van der Waals surface area contributed by atoms with E-state index in [1.165, 1.54) is 0 Å². The monoisotopic (exact) mass is 381 g/mol. The highest BCUT2D eigenvalue weighted by molar-refractivity contribution is 5.90. The molecule has 2 heterocycles. The lowest BCUT2D eigenvalue weighted by atomic mass is 9.94. The van der Waals surface area contributed by atoms with Gasteiger partial charge in [0.15, 0.2) is 0 Å². The molecule has 1 atom stereocenters. The van der Waals surface area contributed by atoms with Crippen LogP contribution in [0.2, 0.25) is 0 Å². The van der Waals surface area contributed by atoms with Crippen molar-refractivity contribution in [1.29, 1.82) is 0 Å². The van der Waals surface area contributed by atoms with Gasteiger partial charge in [-0.3, -0.25) is 19.2 Å². The number of ether oxygens (including phenoxy) is 1. The van der Waals surface area contributed by atoms with Crippen LogP contribution in [-0.2, 0) is 23.9 Å². The van der Waals surface area contributed by atoms with Crippen LogP contribution in [0.25, 0.3) is 0 Å². The number of amides is 3. The maximum atomic E-state index is 12.8. The Morgan fingerprint density at radius 1 is 1.15 bits per heavy atom. The van der Waals surface area contributed by atoms with E-state index in [4.69, 9.17) is 4.74 Å². The van der Waals surface area contributed by atoms with Crippen LogP contribution in [0.5, 0.6) is 0 Å². The highest BCUT2D eigenvalue weighted by atomic mass is 16.5. The zero-order valence-corrected chi connectivity index (χ0v) is 16.7. The van der Waals surface area contributed by atoms with Gasteiger partial charge in [0.1, 0.15) is 6.54 Å². The lowest BCUT2D eigenvalue weighted by molar-refractivity contribution is -0.144. The largest absolute Gasteiger partial charge is 0.465 e. The van der Waals surface area contributed by atoms with Crippen LogP contribution in [0.4, 0.5) is 0 Å². The van der Waals surface area contributed by atoms with Gasteiger partial charge in [-0.2, -0.15) is 0 Å². The summed E-state index contributed by atoms with van der Waals surface area (Å²) >= 11 is 0. The molecule has 0 spiro atoms. The maximum absolute atomic E-state index is 12.8. The molecule has 0 aromatic carbocycles. The number of likely N-dealkylation sites (tertiary alicyclic amines) is 2. The number of nitrogens with one attached hydrogen (secondary N) is 1. The molecule has 0 aliphatic carbocycles. The molecule has 27 heavy (non-hydrogen) atoms. The van der Waals surface area contributed by atoms with Crippen LogP contribution in [0.15, 0.2) is 0 Å². The van der Waals surface area contributed by atoms with Gasteiger partial charge < -0.3 is 19.9 Å². The van der Waals surface area contributed by atoms with Gasteiger partial charge in [0.2, 0.25) is 17.7 Å². The van der Waals surface area contributed by atoms with Crippen LogP contribution >= 0.6 is 0 Å². The average Bonchev–Trinajstić information content (AvgIpc) is 3.01. The van der Waals surface area contributed by atoms with Gasteiger partial charge in [0.25, 0.3) is 0 Å². The van der Waals surface area contributed by atoms with Gasteiger partial charge in [0, 0.05) is 37.5 Å². The van der Waals surface area contributed by atoms with Crippen LogP contribution in [0.3, 0.4) is 0 Å². The minimum Gasteiger partial charge on any atom is -0.465 e. The second-order valence-corrected chi connectivity index (χ2v) is 8.20. The molecule has 2 saturated heterocycles. The molecule has 3 amide bonds. The molecule has 1 N–H and O–H groups in total. The molecule has 2 rings (SSSR count). The third-order valence-corrected chi connectivity index (χ3v) is 5.17. The summed E-state index contributed by atoms with van der Waals surface area (Å²) in [4.78, 5) is 52.0. The first-order valence-corrected chi connectivity index (χ1v) is 9.66. The molecular weight excluding hydrogens is 350 g/mol. The number of hydrogen-bond acceptors (Lipinski definition) is 5. The average molecular weight is 381 g/mol. The Labute approximate surface area is 160 Å². The van der Waals surface area contributed by atoms with E-state index in [1.807, 2.05) is 20.8 Å². The van der Waals surface area contributed by atoms with Crippen LogP contribution in [0, 0.1) is 11.8 Å². The highest BCUT2D eigenvalue weighted by Crippen LogP contribution is 2.28. The van der Waals surface area contributed by atoms with Crippen LogP contribution in [-0.4, -0.2) is 71.8 Å². The van der Waals surface area contributed by atoms with E-state index in [-0.39, 0.29) is 54.7 Å². The third-order valence-electron chi connectivity index (χ3n) is 5.17. The molecule has 0 aromatic heterocycles. The van der Waals surface area contributed by atoms with Gasteiger partial charge in [-0.1, -0.05) is 0 Å². The predicted octanol–water partition coefficient (Wildman–Crippen LogP) is 0.551. The van der Waals surface area contributed by atoms with Crippen molar-refractivity contribution in [2.24, 2.45) is 11.8 Å². The first-order valence-electron chi connectivity index (χ1n) is 9.66. The number of rotatable bonds is 5. The highest BCUT2D eigenvalue weighted by Gasteiger charge is 2.41. The number of esters is 1. The molecule has 0 bridgehead atoms. The molecule has 8 nitrogen and oxygen atoms in total.